The number of hydrogen-bond donors (Lipinski definition) is 2. The van der Waals surface area contributed by atoms with Gasteiger partial charge >= 0.3 is 6.01 Å². The normalized spacial score (nSPS) is 27.3. The van der Waals surface area contributed by atoms with Crippen LogP contribution in [0.15, 0.2) is 18.3 Å². The summed E-state index contributed by atoms with van der Waals surface area (Å²) in [6.45, 7) is 14.2. The SMILES string of the molecule is COCCNc1cnc2c(c1)CCC2Nc1nc2c(cc1Cl)nc(O[C@@H]1CO[C@H]3[C@@H]1OC[C@H]3O[Si](C)(C)C(C)(C)C)n2C1CCCCO1. The van der Waals surface area contributed by atoms with Gasteiger partial charge < -0.3 is 38.7 Å². The molecule has 7 rings (SSSR count). The number of anilines is 2. The number of nitrogens with one attached hydrogen (secondary N) is 2. The second-order valence-corrected chi connectivity index (χ2v) is 20.0. The van der Waals surface area contributed by atoms with E-state index in [2.05, 4.69) is 50.6 Å². The predicted molar refractivity (Wildman–Crippen MR) is 187 cm³/mol. The summed E-state index contributed by atoms with van der Waals surface area (Å²) in [5.41, 5.74) is 4.53. The number of rotatable bonds is 11. The largest absolute Gasteiger partial charge is 0.456 e. The van der Waals surface area contributed by atoms with Crippen molar-refractivity contribution in [3.63, 3.8) is 0 Å². The average molecular weight is 701 g/mol. The first-order chi connectivity index (χ1) is 23.0. The smallest absolute Gasteiger partial charge is 0.301 e. The van der Waals surface area contributed by atoms with Crippen molar-refractivity contribution in [3.8, 4) is 6.01 Å². The Labute approximate surface area is 288 Å². The molecule has 4 aliphatic rings. The molecule has 14 heteroatoms. The molecule has 3 aliphatic heterocycles. The van der Waals surface area contributed by atoms with Crippen LogP contribution in [0, 0.1) is 0 Å². The second-order valence-electron chi connectivity index (χ2n) is 14.8. The van der Waals surface area contributed by atoms with E-state index in [1.807, 2.05) is 16.8 Å². The number of ether oxygens (including phenoxy) is 5. The maximum Gasteiger partial charge on any atom is 0.301 e. The summed E-state index contributed by atoms with van der Waals surface area (Å²) in [6, 6.07) is 4.45. The summed E-state index contributed by atoms with van der Waals surface area (Å²) in [7, 11) is -0.307. The molecule has 12 nitrogen and oxygen atoms in total. The molecular weight excluding hydrogens is 652 g/mol. The number of hydrogen-bond acceptors (Lipinski definition) is 11. The van der Waals surface area contributed by atoms with E-state index in [-0.39, 0.29) is 41.7 Å². The van der Waals surface area contributed by atoms with E-state index in [1.165, 1.54) is 5.56 Å². The van der Waals surface area contributed by atoms with Gasteiger partial charge in [-0.05, 0) is 67.9 Å². The van der Waals surface area contributed by atoms with Gasteiger partial charge in [0.2, 0.25) is 0 Å². The summed E-state index contributed by atoms with van der Waals surface area (Å²) >= 11 is 6.86. The fraction of sp³-hybridized carbons (Fsp3) is 0.676. The molecule has 1 aliphatic carbocycles. The van der Waals surface area contributed by atoms with Gasteiger partial charge in [-0.2, -0.15) is 4.98 Å². The van der Waals surface area contributed by atoms with Crippen molar-refractivity contribution in [3.05, 3.63) is 34.6 Å². The summed E-state index contributed by atoms with van der Waals surface area (Å²) < 4.78 is 39.4. The fourth-order valence-electron chi connectivity index (χ4n) is 6.84. The van der Waals surface area contributed by atoms with Gasteiger partial charge in [0.15, 0.2) is 20.1 Å². The lowest BCUT2D eigenvalue weighted by atomic mass is 10.1. The molecule has 3 fully saturated rings. The highest BCUT2D eigenvalue weighted by Gasteiger charge is 2.52. The van der Waals surface area contributed by atoms with E-state index in [0.29, 0.717) is 54.4 Å². The maximum absolute atomic E-state index is 6.86. The van der Waals surface area contributed by atoms with Gasteiger partial charge in [-0.15, -0.1) is 0 Å². The molecule has 48 heavy (non-hydrogen) atoms. The summed E-state index contributed by atoms with van der Waals surface area (Å²) in [5, 5.41) is 7.54. The van der Waals surface area contributed by atoms with Crippen LogP contribution in [-0.4, -0.2) is 92.3 Å². The van der Waals surface area contributed by atoms with Gasteiger partial charge in [-0.25, -0.2) is 4.98 Å². The molecule has 0 bridgehead atoms. The van der Waals surface area contributed by atoms with Crippen LogP contribution in [0.25, 0.3) is 11.2 Å². The molecule has 262 valence electrons. The van der Waals surface area contributed by atoms with Crippen molar-refractivity contribution in [2.24, 2.45) is 0 Å². The Morgan fingerprint density at radius 1 is 1.04 bits per heavy atom. The van der Waals surface area contributed by atoms with Gasteiger partial charge in [0.1, 0.15) is 29.8 Å². The highest BCUT2D eigenvalue weighted by molar-refractivity contribution is 6.74. The summed E-state index contributed by atoms with van der Waals surface area (Å²) in [5.74, 6) is 0.587. The lowest BCUT2D eigenvalue weighted by molar-refractivity contribution is -0.0406. The van der Waals surface area contributed by atoms with Gasteiger partial charge in [0, 0.05) is 20.3 Å². The van der Waals surface area contributed by atoms with Gasteiger partial charge in [0.25, 0.3) is 0 Å². The molecule has 2 N–H and O–H groups in total. The van der Waals surface area contributed by atoms with Gasteiger partial charge in [0.05, 0.1) is 54.6 Å². The van der Waals surface area contributed by atoms with E-state index in [4.69, 9.17) is 54.7 Å². The third-order valence-electron chi connectivity index (χ3n) is 10.5. The number of aromatic nitrogens is 4. The summed E-state index contributed by atoms with van der Waals surface area (Å²) in [6.07, 6.45) is 5.43. The van der Waals surface area contributed by atoms with Crippen LogP contribution >= 0.6 is 11.6 Å². The minimum atomic E-state index is -2.00. The first-order valence-corrected chi connectivity index (χ1v) is 20.6. The molecule has 0 spiro atoms. The number of aryl methyl sites for hydroxylation is 1. The Morgan fingerprint density at radius 2 is 1.83 bits per heavy atom. The lowest BCUT2D eigenvalue weighted by Gasteiger charge is -2.39. The number of imidazole rings is 1. The van der Waals surface area contributed by atoms with Crippen LogP contribution in [0.5, 0.6) is 6.01 Å². The van der Waals surface area contributed by atoms with Crippen molar-refractivity contribution in [1.82, 2.24) is 19.5 Å². The van der Waals surface area contributed by atoms with Gasteiger partial charge in [-0.1, -0.05) is 32.4 Å². The van der Waals surface area contributed by atoms with Crippen LogP contribution in [0.2, 0.25) is 23.2 Å². The van der Waals surface area contributed by atoms with E-state index >= 15 is 0 Å². The first-order valence-electron chi connectivity index (χ1n) is 17.3. The standard InChI is InChI=1S/C34H49ClN6O6Si/c1-34(2,3)48(5,6)47-26-19-45-29-25(18-44-30(26)29)46-33-39-24-16-22(35)31(40-32(24)41(33)27-9-7-8-13-43-27)38-23-11-10-20-15-21(17-37-28(20)23)36-12-14-42-4/h15-17,23,25-27,29-30,36H,7-14,18-19H2,1-6H3,(H,38,40)/t23?,25-,26-,27?,29-,30-/m1/s1. The number of fused-ring (bicyclic) bond motifs is 3. The van der Waals surface area contributed by atoms with Crippen LogP contribution in [-0.2, 0) is 29.8 Å². The molecule has 0 amide bonds. The molecule has 0 saturated carbocycles. The van der Waals surface area contributed by atoms with Gasteiger partial charge in [-0.3, -0.25) is 9.55 Å². The molecule has 6 heterocycles. The zero-order chi connectivity index (χ0) is 33.6. The molecule has 3 aromatic rings. The molecule has 2 unspecified atom stereocenters. The molecule has 3 aromatic heterocycles. The van der Waals surface area contributed by atoms with Crippen LogP contribution < -0.4 is 15.4 Å². The van der Waals surface area contributed by atoms with E-state index in [9.17, 15) is 0 Å². The topological polar surface area (TPSA) is 123 Å². The Hall–Kier alpha value is -2.52. The third kappa shape index (κ3) is 6.67. The molecule has 3 saturated heterocycles. The molecule has 6 atom stereocenters. The summed E-state index contributed by atoms with van der Waals surface area (Å²) in [4.78, 5) is 14.8. The quantitative estimate of drug-likeness (QED) is 0.174. The van der Waals surface area contributed by atoms with Crippen molar-refractivity contribution in [2.45, 2.75) is 108 Å². The van der Waals surface area contributed by atoms with Crippen molar-refractivity contribution in [2.75, 3.05) is 50.7 Å². The van der Waals surface area contributed by atoms with E-state index in [1.54, 1.807) is 7.11 Å². The van der Waals surface area contributed by atoms with E-state index < -0.39 is 8.32 Å². The highest BCUT2D eigenvalue weighted by Crippen LogP contribution is 2.42. The van der Waals surface area contributed by atoms with Crippen LogP contribution in [0.3, 0.4) is 0 Å². The minimum absolute atomic E-state index is 0.0120. The molecular formula is C34H49ClN6O6Si. The van der Waals surface area contributed by atoms with Crippen molar-refractivity contribution >= 4 is 42.6 Å². The lowest BCUT2D eigenvalue weighted by Crippen LogP contribution is -2.47. The molecule has 0 aromatic carbocycles. The Kier molecular flexibility index (Phi) is 9.66. The minimum Gasteiger partial charge on any atom is -0.456 e. The first kappa shape index (κ1) is 33.9. The number of halogens is 1. The van der Waals surface area contributed by atoms with Crippen LogP contribution in [0.1, 0.15) is 70.0 Å². The predicted octanol–water partition coefficient (Wildman–Crippen LogP) is 6.27. The Bertz CT molecular complexity index is 1610. The monoisotopic (exact) mass is 700 g/mol. The maximum atomic E-state index is 6.86. The van der Waals surface area contributed by atoms with Crippen molar-refractivity contribution < 1.29 is 28.1 Å². The van der Waals surface area contributed by atoms with Crippen LogP contribution in [0.4, 0.5) is 11.5 Å². The zero-order valence-electron chi connectivity index (χ0n) is 28.9. The Morgan fingerprint density at radius 3 is 2.58 bits per heavy atom. The number of methoxy groups -OCH3 is 1. The fourth-order valence-corrected chi connectivity index (χ4v) is 8.35. The highest BCUT2D eigenvalue weighted by atomic mass is 35.5. The van der Waals surface area contributed by atoms with Crippen molar-refractivity contribution in [1.29, 1.82) is 0 Å². The third-order valence-corrected chi connectivity index (χ3v) is 15.3. The number of nitrogens with zero attached hydrogens (tertiary/aromatic N) is 4. The molecule has 0 radical (unpaired) electrons. The zero-order valence-corrected chi connectivity index (χ0v) is 30.6. The Balaban J connectivity index is 1.12. The number of pyridine rings is 2. The second kappa shape index (κ2) is 13.7. The van der Waals surface area contributed by atoms with E-state index in [0.717, 1.165) is 50.0 Å². The average Bonchev–Trinajstić information content (AvgIpc) is 3.82.